The predicted molar refractivity (Wildman–Crippen MR) is 46.9 cm³/mol. The minimum atomic E-state index is -2.52. The molecular weight excluding hydrogens is 206 g/mol. The minimum absolute atomic E-state index is 0.304. The van der Waals surface area contributed by atoms with Crippen molar-refractivity contribution >= 4 is 5.90 Å². The smallest absolute Gasteiger partial charge is 0.227 e. The molecule has 15 heavy (non-hydrogen) atoms. The van der Waals surface area contributed by atoms with Gasteiger partial charge in [-0.05, 0) is 0 Å². The summed E-state index contributed by atoms with van der Waals surface area (Å²) < 4.78 is 10.2. The third-order valence-electron chi connectivity index (χ3n) is 2.59. The van der Waals surface area contributed by atoms with Gasteiger partial charge < -0.3 is 29.9 Å². The number of fused-ring (bicyclic) bond motifs is 1. The lowest BCUT2D eigenvalue weighted by Crippen LogP contribution is -2.65. The number of hydrogen-bond donors (Lipinski definition) is 4. The predicted octanol–water partition coefficient (Wildman–Crippen LogP) is -2.44. The summed E-state index contributed by atoms with van der Waals surface area (Å²) in [5.41, 5.74) is 0. The Labute approximate surface area is 85.6 Å². The first-order valence-corrected chi connectivity index (χ1v) is 4.57. The number of aliphatic hydroxyl groups excluding tert-OH is 2. The molecule has 86 valence electrons. The van der Waals surface area contributed by atoms with E-state index < -0.39 is 36.9 Å². The summed E-state index contributed by atoms with van der Waals surface area (Å²) in [7, 11) is 0. The maximum Gasteiger partial charge on any atom is 0.227 e. The SMILES string of the molecule is CC1=NC2[C@@H](O1)OC(CO)C(O)(O)[C@@H]2O. The van der Waals surface area contributed by atoms with Crippen molar-refractivity contribution in [2.45, 2.75) is 37.3 Å². The van der Waals surface area contributed by atoms with E-state index in [2.05, 4.69) is 4.99 Å². The molecule has 2 unspecified atom stereocenters. The molecule has 2 heterocycles. The molecule has 0 saturated carbocycles. The van der Waals surface area contributed by atoms with E-state index in [1.807, 2.05) is 0 Å². The van der Waals surface area contributed by atoms with Gasteiger partial charge in [-0.25, -0.2) is 4.99 Å². The van der Waals surface area contributed by atoms with Gasteiger partial charge in [0.2, 0.25) is 12.1 Å². The molecule has 7 heteroatoms. The van der Waals surface area contributed by atoms with Crippen molar-refractivity contribution < 1.29 is 29.9 Å². The number of hydrogen-bond acceptors (Lipinski definition) is 7. The summed E-state index contributed by atoms with van der Waals surface area (Å²) in [5, 5.41) is 37.6. The number of ether oxygens (including phenoxy) is 2. The molecule has 2 rings (SSSR count). The van der Waals surface area contributed by atoms with Crippen LogP contribution in [0.4, 0.5) is 0 Å². The fourth-order valence-electron chi connectivity index (χ4n) is 1.75. The van der Waals surface area contributed by atoms with Crippen LogP contribution in [0.25, 0.3) is 0 Å². The van der Waals surface area contributed by atoms with Crippen molar-refractivity contribution in [3.8, 4) is 0 Å². The highest BCUT2D eigenvalue weighted by atomic mass is 16.7. The Hall–Kier alpha value is -0.730. The van der Waals surface area contributed by atoms with Gasteiger partial charge >= 0.3 is 0 Å². The topological polar surface area (TPSA) is 112 Å². The average molecular weight is 219 g/mol. The zero-order valence-electron chi connectivity index (χ0n) is 8.07. The zero-order valence-corrected chi connectivity index (χ0v) is 8.07. The number of rotatable bonds is 1. The van der Waals surface area contributed by atoms with Crippen LogP contribution in [-0.4, -0.2) is 63.3 Å². The standard InChI is InChI=1S/C8H13NO6/c1-3-9-5-6(11)8(12,13)4(2-10)15-7(5)14-3/h4-7,10-13H,2H2,1H3/t4?,5?,6-,7+/m1/s1. The van der Waals surface area contributed by atoms with E-state index in [0.29, 0.717) is 5.90 Å². The van der Waals surface area contributed by atoms with Gasteiger partial charge in [0.05, 0.1) is 6.61 Å². The summed E-state index contributed by atoms with van der Waals surface area (Å²) in [5.74, 6) is -2.22. The van der Waals surface area contributed by atoms with E-state index in [0.717, 1.165) is 0 Å². The van der Waals surface area contributed by atoms with Crippen LogP contribution in [0.15, 0.2) is 4.99 Å². The monoisotopic (exact) mass is 219 g/mol. The Bertz CT molecular complexity index is 291. The molecule has 4 atom stereocenters. The third-order valence-corrected chi connectivity index (χ3v) is 2.59. The molecule has 1 fully saturated rings. The summed E-state index contributed by atoms with van der Waals surface area (Å²) in [6.07, 6.45) is -3.73. The lowest BCUT2D eigenvalue weighted by Gasteiger charge is -2.42. The maximum atomic E-state index is 9.65. The fraction of sp³-hybridized carbons (Fsp3) is 0.875. The second-order valence-electron chi connectivity index (χ2n) is 3.66. The van der Waals surface area contributed by atoms with Gasteiger partial charge in [-0.15, -0.1) is 0 Å². The average Bonchev–Trinajstić information content (AvgIpc) is 2.53. The van der Waals surface area contributed by atoms with Gasteiger partial charge in [0.25, 0.3) is 0 Å². The Morgan fingerprint density at radius 2 is 2.13 bits per heavy atom. The van der Waals surface area contributed by atoms with Crippen molar-refractivity contribution in [2.75, 3.05) is 6.61 Å². The molecule has 0 aromatic carbocycles. The van der Waals surface area contributed by atoms with Gasteiger partial charge in [-0.2, -0.15) is 0 Å². The Morgan fingerprint density at radius 1 is 1.47 bits per heavy atom. The van der Waals surface area contributed by atoms with Crippen LogP contribution < -0.4 is 0 Å². The Morgan fingerprint density at radius 3 is 2.73 bits per heavy atom. The molecule has 0 spiro atoms. The Kier molecular flexibility index (Phi) is 2.44. The molecule has 0 bridgehead atoms. The summed E-state index contributed by atoms with van der Waals surface area (Å²) in [4.78, 5) is 3.87. The normalized spacial score (nSPS) is 43.1. The van der Waals surface area contributed by atoms with Gasteiger partial charge in [0.15, 0.2) is 5.90 Å². The first-order chi connectivity index (χ1) is 6.96. The lowest BCUT2D eigenvalue weighted by molar-refractivity contribution is -0.350. The molecule has 0 amide bonds. The van der Waals surface area contributed by atoms with Gasteiger partial charge in [0, 0.05) is 6.92 Å². The molecule has 0 aromatic rings. The molecule has 2 aliphatic rings. The van der Waals surface area contributed by atoms with Crippen LogP contribution in [-0.2, 0) is 9.47 Å². The molecule has 0 aliphatic carbocycles. The van der Waals surface area contributed by atoms with Crippen LogP contribution in [0.3, 0.4) is 0 Å². The highest BCUT2D eigenvalue weighted by Gasteiger charge is 2.56. The minimum Gasteiger partial charge on any atom is -0.450 e. The molecule has 7 nitrogen and oxygen atoms in total. The first-order valence-electron chi connectivity index (χ1n) is 4.57. The van der Waals surface area contributed by atoms with Crippen molar-refractivity contribution in [3.05, 3.63) is 0 Å². The molecule has 0 aromatic heterocycles. The van der Waals surface area contributed by atoms with Crippen molar-refractivity contribution in [1.82, 2.24) is 0 Å². The van der Waals surface area contributed by atoms with Crippen molar-refractivity contribution in [1.29, 1.82) is 0 Å². The van der Waals surface area contributed by atoms with Gasteiger partial charge in [-0.3, -0.25) is 0 Å². The first kappa shape index (κ1) is 10.8. The molecule has 4 N–H and O–H groups in total. The largest absolute Gasteiger partial charge is 0.450 e. The van der Waals surface area contributed by atoms with Crippen LogP contribution in [0, 0.1) is 0 Å². The van der Waals surface area contributed by atoms with E-state index in [1.165, 1.54) is 0 Å². The maximum absolute atomic E-state index is 9.65. The van der Waals surface area contributed by atoms with Crippen LogP contribution in [0.1, 0.15) is 6.92 Å². The van der Waals surface area contributed by atoms with Crippen LogP contribution >= 0.6 is 0 Å². The Balaban J connectivity index is 2.24. The van der Waals surface area contributed by atoms with E-state index in [-0.39, 0.29) is 0 Å². The molecule has 1 saturated heterocycles. The molecule has 2 aliphatic heterocycles. The van der Waals surface area contributed by atoms with Crippen LogP contribution in [0.2, 0.25) is 0 Å². The summed E-state index contributed by atoms with van der Waals surface area (Å²) in [6, 6.07) is -0.872. The lowest BCUT2D eigenvalue weighted by atomic mass is 9.94. The number of nitrogens with zero attached hydrogens (tertiary/aromatic N) is 1. The van der Waals surface area contributed by atoms with Gasteiger partial charge in [-0.1, -0.05) is 0 Å². The molecular formula is C8H13NO6. The van der Waals surface area contributed by atoms with Gasteiger partial charge in [0.1, 0.15) is 18.2 Å². The highest BCUT2D eigenvalue weighted by Crippen LogP contribution is 2.33. The fourth-order valence-corrected chi connectivity index (χ4v) is 1.75. The third kappa shape index (κ3) is 1.52. The quantitative estimate of drug-likeness (QED) is 0.365. The van der Waals surface area contributed by atoms with E-state index in [9.17, 15) is 15.3 Å². The van der Waals surface area contributed by atoms with Crippen molar-refractivity contribution in [2.24, 2.45) is 4.99 Å². The summed E-state index contributed by atoms with van der Waals surface area (Å²) in [6.45, 7) is 0.939. The van der Waals surface area contributed by atoms with E-state index >= 15 is 0 Å². The highest BCUT2D eigenvalue weighted by molar-refractivity contribution is 5.75. The van der Waals surface area contributed by atoms with E-state index in [1.54, 1.807) is 6.92 Å². The van der Waals surface area contributed by atoms with E-state index in [4.69, 9.17) is 14.6 Å². The molecule has 0 radical (unpaired) electrons. The zero-order chi connectivity index (χ0) is 11.2. The number of aliphatic imine (C=N–C) groups is 1. The summed E-state index contributed by atoms with van der Waals surface area (Å²) >= 11 is 0. The van der Waals surface area contributed by atoms with Crippen molar-refractivity contribution in [3.63, 3.8) is 0 Å². The van der Waals surface area contributed by atoms with Crippen LogP contribution in [0.5, 0.6) is 0 Å². The second kappa shape index (κ2) is 3.39. The second-order valence-corrected chi connectivity index (χ2v) is 3.66. The number of aliphatic hydroxyl groups is 4.